The average molecular weight is 280 g/mol. The highest BCUT2D eigenvalue weighted by atomic mass is 16.6. The molecule has 1 aromatic rings. The second-order valence-electron chi connectivity index (χ2n) is 4.83. The maximum absolute atomic E-state index is 11.3. The molecule has 0 amide bonds. The summed E-state index contributed by atoms with van der Waals surface area (Å²) in [5.41, 5.74) is 1.33. The molecule has 2 rings (SSSR count). The van der Waals surface area contributed by atoms with Crippen molar-refractivity contribution in [3.63, 3.8) is 0 Å². The van der Waals surface area contributed by atoms with E-state index < -0.39 is 16.9 Å². The number of non-ortho nitro benzene ring substituents is 1. The lowest BCUT2D eigenvalue weighted by Gasteiger charge is -2.25. The molecule has 1 saturated heterocycles. The summed E-state index contributed by atoms with van der Waals surface area (Å²) in [6, 6.07) is 3.74. The summed E-state index contributed by atoms with van der Waals surface area (Å²) in [7, 11) is 1.54. The summed E-state index contributed by atoms with van der Waals surface area (Å²) in [5.74, 6) is -0.949. The molecule has 1 heterocycles. The molecule has 0 saturated carbocycles. The van der Waals surface area contributed by atoms with Crippen LogP contribution in [-0.2, 0) is 9.53 Å². The molecule has 1 fully saturated rings. The molecular formula is C13H16N2O5. The number of ether oxygens (including phenoxy) is 1. The van der Waals surface area contributed by atoms with Crippen molar-refractivity contribution in [2.24, 2.45) is 0 Å². The summed E-state index contributed by atoms with van der Waals surface area (Å²) < 4.78 is 5.22. The molecule has 7 nitrogen and oxygen atoms in total. The number of nitro benzene ring substituents is 1. The summed E-state index contributed by atoms with van der Waals surface area (Å²) >= 11 is 0. The van der Waals surface area contributed by atoms with Gasteiger partial charge in [0.25, 0.3) is 5.69 Å². The first-order valence-electron chi connectivity index (χ1n) is 6.21. The van der Waals surface area contributed by atoms with Gasteiger partial charge >= 0.3 is 5.97 Å². The standard InChI is InChI=1S/C13H16N2O5/c1-8-3-4-9(15(18)19)5-11(8)14-7-10(20-2)6-12(14)13(16)17/h3-5,10,12H,6-7H2,1-2H3,(H,16,17). The highest BCUT2D eigenvalue weighted by molar-refractivity contribution is 5.80. The Bertz CT molecular complexity index is 546. The van der Waals surface area contributed by atoms with Crippen LogP contribution in [0.1, 0.15) is 12.0 Å². The molecule has 2 atom stereocenters. The fourth-order valence-electron chi connectivity index (χ4n) is 2.49. The predicted molar refractivity (Wildman–Crippen MR) is 72.0 cm³/mol. The van der Waals surface area contributed by atoms with Gasteiger partial charge in [-0.3, -0.25) is 10.1 Å². The fourth-order valence-corrected chi connectivity index (χ4v) is 2.49. The molecule has 20 heavy (non-hydrogen) atoms. The van der Waals surface area contributed by atoms with Crippen LogP contribution in [0.4, 0.5) is 11.4 Å². The van der Waals surface area contributed by atoms with Crippen LogP contribution in [0.25, 0.3) is 0 Å². The minimum Gasteiger partial charge on any atom is -0.480 e. The van der Waals surface area contributed by atoms with Crippen LogP contribution in [0.15, 0.2) is 18.2 Å². The van der Waals surface area contributed by atoms with Gasteiger partial charge in [-0.1, -0.05) is 6.07 Å². The predicted octanol–water partition coefficient (Wildman–Crippen LogP) is 1.58. The number of carboxylic acid groups (broad SMARTS) is 1. The zero-order chi connectivity index (χ0) is 14.9. The number of nitro groups is 1. The Morgan fingerprint density at radius 1 is 1.55 bits per heavy atom. The van der Waals surface area contributed by atoms with Gasteiger partial charge in [-0.2, -0.15) is 0 Å². The molecule has 1 aliphatic heterocycles. The van der Waals surface area contributed by atoms with E-state index in [1.54, 1.807) is 17.9 Å². The molecule has 1 aliphatic rings. The number of hydrogen-bond acceptors (Lipinski definition) is 5. The molecule has 0 bridgehead atoms. The summed E-state index contributed by atoms with van der Waals surface area (Å²) in [6.45, 7) is 2.22. The first-order chi connectivity index (χ1) is 9.43. The molecule has 7 heteroatoms. The van der Waals surface area contributed by atoms with Crippen LogP contribution in [0.3, 0.4) is 0 Å². The third-order valence-electron chi connectivity index (χ3n) is 3.59. The van der Waals surface area contributed by atoms with Crippen molar-refractivity contribution in [1.29, 1.82) is 0 Å². The molecule has 0 spiro atoms. The Labute approximate surface area is 115 Å². The van der Waals surface area contributed by atoms with E-state index in [4.69, 9.17) is 4.74 Å². The lowest BCUT2D eigenvalue weighted by molar-refractivity contribution is -0.384. The van der Waals surface area contributed by atoms with Crippen molar-refractivity contribution in [3.05, 3.63) is 33.9 Å². The molecule has 0 radical (unpaired) electrons. The van der Waals surface area contributed by atoms with Crippen molar-refractivity contribution in [3.8, 4) is 0 Å². The van der Waals surface area contributed by atoms with Gasteiger partial charge in [0.05, 0.1) is 11.0 Å². The molecule has 108 valence electrons. The third kappa shape index (κ3) is 2.57. The second kappa shape index (κ2) is 5.46. The van der Waals surface area contributed by atoms with Crippen LogP contribution in [0.5, 0.6) is 0 Å². The first kappa shape index (κ1) is 14.3. The zero-order valence-electron chi connectivity index (χ0n) is 11.3. The third-order valence-corrected chi connectivity index (χ3v) is 3.59. The quantitative estimate of drug-likeness (QED) is 0.665. The van der Waals surface area contributed by atoms with Gasteiger partial charge in [0, 0.05) is 37.9 Å². The summed E-state index contributed by atoms with van der Waals surface area (Å²) in [5, 5.41) is 20.2. The van der Waals surface area contributed by atoms with Crippen molar-refractivity contribution in [1.82, 2.24) is 0 Å². The molecule has 1 aromatic carbocycles. The molecule has 0 aliphatic carbocycles. The van der Waals surface area contributed by atoms with Crippen LogP contribution in [0.2, 0.25) is 0 Å². The number of hydrogen-bond donors (Lipinski definition) is 1. The highest BCUT2D eigenvalue weighted by Crippen LogP contribution is 2.32. The Balaban J connectivity index is 2.40. The van der Waals surface area contributed by atoms with Crippen LogP contribution < -0.4 is 4.90 Å². The van der Waals surface area contributed by atoms with E-state index >= 15 is 0 Å². The smallest absolute Gasteiger partial charge is 0.326 e. The van der Waals surface area contributed by atoms with Crippen molar-refractivity contribution < 1.29 is 19.6 Å². The minimum absolute atomic E-state index is 0.0457. The van der Waals surface area contributed by atoms with E-state index in [-0.39, 0.29) is 11.8 Å². The van der Waals surface area contributed by atoms with Crippen molar-refractivity contribution in [2.75, 3.05) is 18.6 Å². The van der Waals surface area contributed by atoms with Gasteiger partial charge < -0.3 is 14.7 Å². The van der Waals surface area contributed by atoms with Gasteiger partial charge in [0.2, 0.25) is 0 Å². The molecule has 2 unspecified atom stereocenters. The monoisotopic (exact) mass is 280 g/mol. The number of carboxylic acids is 1. The number of aryl methyl sites for hydroxylation is 1. The number of carbonyl (C=O) groups is 1. The number of rotatable bonds is 4. The van der Waals surface area contributed by atoms with E-state index in [1.807, 2.05) is 0 Å². The normalized spacial score (nSPS) is 22.0. The van der Waals surface area contributed by atoms with Crippen LogP contribution in [-0.4, -0.2) is 41.8 Å². The second-order valence-corrected chi connectivity index (χ2v) is 4.83. The summed E-state index contributed by atoms with van der Waals surface area (Å²) in [6.07, 6.45) is 0.184. The van der Waals surface area contributed by atoms with Crippen molar-refractivity contribution in [2.45, 2.75) is 25.5 Å². The SMILES string of the molecule is COC1CC(C(=O)O)N(c2cc([N+](=O)[O-])ccc2C)C1. The lowest BCUT2D eigenvalue weighted by atomic mass is 10.1. The van der Waals surface area contributed by atoms with Gasteiger partial charge in [0.15, 0.2) is 0 Å². The number of aliphatic carboxylic acids is 1. The van der Waals surface area contributed by atoms with Gasteiger partial charge in [-0.05, 0) is 12.5 Å². The Morgan fingerprint density at radius 3 is 2.80 bits per heavy atom. The van der Waals surface area contributed by atoms with Gasteiger partial charge in [0.1, 0.15) is 6.04 Å². The fraction of sp³-hybridized carbons (Fsp3) is 0.462. The van der Waals surface area contributed by atoms with Crippen LogP contribution >= 0.6 is 0 Å². The Morgan fingerprint density at radius 2 is 2.25 bits per heavy atom. The number of anilines is 1. The molecule has 0 aromatic heterocycles. The van der Waals surface area contributed by atoms with E-state index in [1.165, 1.54) is 19.2 Å². The maximum atomic E-state index is 11.3. The average Bonchev–Trinajstić information content (AvgIpc) is 2.83. The van der Waals surface area contributed by atoms with Gasteiger partial charge in [-0.15, -0.1) is 0 Å². The summed E-state index contributed by atoms with van der Waals surface area (Å²) in [4.78, 5) is 23.4. The minimum atomic E-state index is -0.949. The van der Waals surface area contributed by atoms with Gasteiger partial charge in [-0.25, -0.2) is 4.79 Å². The number of nitrogens with zero attached hydrogens (tertiary/aromatic N) is 2. The zero-order valence-corrected chi connectivity index (χ0v) is 11.3. The Kier molecular flexibility index (Phi) is 3.89. The van der Waals surface area contributed by atoms with E-state index in [0.29, 0.717) is 18.7 Å². The highest BCUT2D eigenvalue weighted by Gasteiger charge is 2.38. The largest absolute Gasteiger partial charge is 0.480 e. The topological polar surface area (TPSA) is 92.9 Å². The van der Waals surface area contributed by atoms with Crippen molar-refractivity contribution >= 4 is 17.3 Å². The molecular weight excluding hydrogens is 264 g/mol. The maximum Gasteiger partial charge on any atom is 0.326 e. The van der Waals surface area contributed by atoms with E-state index in [9.17, 15) is 20.0 Å². The van der Waals surface area contributed by atoms with E-state index in [2.05, 4.69) is 0 Å². The number of benzene rings is 1. The first-order valence-corrected chi connectivity index (χ1v) is 6.21. The van der Waals surface area contributed by atoms with E-state index in [0.717, 1.165) is 5.56 Å². The number of methoxy groups -OCH3 is 1. The Hall–Kier alpha value is -2.15. The lowest BCUT2D eigenvalue weighted by Crippen LogP contribution is -2.36. The molecule has 1 N–H and O–H groups in total. The van der Waals surface area contributed by atoms with Crippen LogP contribution in [0, 0.1) is 17.0 Å².